The number of amides is 1. The molecule has 0 spiro atoms. The maximum Gasteiger partial charge on any atom is 0.241 e. The van der Waals surface area contributed by atoms with Crippen LogP contribution in [0, 0.1) is 11.6 Å². The number of carbonyl (C=O) groups is 1. The summed E-state index contributed by atoms with van der Waals surface area (Å²) in [5, 5.41) is 0. The van der Waals surface area contributed by atoms with Crippen molar-refractivity contribution in [1.29, 1.82) is 0 Å². The molecular weight excluding hydrogens is 228 g/mol. The molecule has 4 nitrogen and oxygen atoms in total. The van der Waals surface area contributed by atoms with E-state index < -0.39 is 11.6 Å². The molecule has 1 amide bonds. The van der Waals surface area contributed by atoms with Gasteiger partial charge in [-0.25, -0.2) is 8.78 Å². The van der Waals surface area contributed by atoms with Crippen molar-refractivity contribution >= 4 is 17.3 Å². The molecule has 17 heavy (non-hydrogen) atoms. The lowest BCUT2D eigenvalue weighted by atomic mass is 10.2. The average Bonchev–Trinajstić information content (AvgIpc) is 2.15. The first-order valence-corrected chi connectivity index (χ1v) is 4.98. The van der Waals surface area contributed by atoms with E-state index in [1.807, 2.05) is 0 Å². The third kappa shape index (κ3) is 3.05. The summed E-state index contributed by atoms with van der Waals surface area (Å²) in [6.45, 7) is -0.106. The number of benzene rings is 1. The molecule has 6 heteroatoms. The topological polar surface area (TPSA) is 49.6 Å². The highest BCUT2D eigenvalue weighted by atomic mass is 19.1. The van der Waals surface area contributed by atoms with E-state index in [1.54, 1.807) is 14.1 Å². The van der Waals surface area contributed by atoms with Crippen LogP contribution in [0.3, 0.4) is 0 Å². The Morgan fingerprint density at radius 2 is 1.71 bits per heavy atom. The molecule has 0 heterocycles. The summed E-state index contributed by atoms with van der Waals surface area (Å²) in [7, 11) is 4.59. The van der Waals surface area contributed by atoms with Crippen LogP contribution in [-0.4, -0.2) is 38.5 Å². The summed E-state index contributed by atoms with van der Waals surface area (Å²) in [6.07, 6.45) is 0. The molecule has 0 saturated carbocycles. The highest BCUT2D eigenvalue weighted by molar-refractivity contribution is 5.81. The van der Waals surface area contributed by atoms with Crippen molar-refractivity contribution < 1.29 is 13.6 Å². The molecule has 0 aliphatic rings. The third-order valence-corrected chi connectivity index (χ3v) is 2.29. The predicted molar refractivity (Wildman–Crippen MR) is 62.7 cm³/mol. The monoisotopic (exact) mass is 243 g/mol. The molecular formula is C11H15F2N3O. The van der Waals surface area contributed by atoms with E-state index in [0.29, 0.717) is 0 Å². The molecule has 0 aliphatic carbocycles. The van der Waals surface area contributed by atoms with Gasteiger partial charge in [-0.05, 0) is 12.1 Å². The lowest BCUT2D eigenvalue weighted by Gasteiger charge is -2.22. The fourth-order valence-corrected chi connectivity index (χ4v) is 1.37. The SMILES string of the molecule is CN(C)C(=O)CN(C)c1c(F)cc(N)cc1F. The van der Waals surface area contributed by atoms with Gasteiger partial charge in [-0.1, -0.05) is 0 Å². The number of rotatable bonds is 3. The van der Waals surface area contributed by atoms with Gasteiger partial charge in [-0.3, -0.25) is 4.79 Å². The first-order valence-electron chi connectivity index (χ1n) is 4.98. The number of halogens is 2. The lowest BCUT2D eigenvalue weighted by molar-refractivity contribution is -0.127. The van der Waals surface area contributed by atoms with E-state index >= 15 is 0 Å². The highest BCUT2D eigenvalue weighted by Gasteiger charge is 2.17. The zero-order chi connectivity index (χ0) is 13.2. The van der Waals surface area contributed by atoms with E-state index in [9.17, 15) is 13.6 Å². The predicted octanol–water partition coefficient (Wildman–Crippen LogP) is 1.07. The van der Waals surface area contributed by atoms with Crippen LogP contribution in [0.25, 0.3) is 0 Å². The van der Waals surface area contributed by atoms with Crippen molar-refractivity contribution in [2.45, 2.75) is 0 Å². The number of anilines is 2. The number of hydrogen-bond acceptors (Lipinski definition) is 3. The van der Waals surface area contributed by atoms with Crippen molar-refractivity contribution in [1.82, 2.24) is 4.90 Å². The highest BCUT2D eigenvalue weighted by Crippen LogP contribution is 2.24. The quantitative estimate of drug-likeness (QED) is 0.808. The molecule has 0 radical (unpaired) electrons. The first-order chi connectivity index (χ1) is 7.82. The van der Waals surface area contributed by atoms with Gasteiger partial charge in [0.05, 0.1) is 6.54 Å². The molecule has 0 unspecified atom stereocenters. The van der Waals surface area contributed by atoms with E-state index in [2.05, 4.69) is 0 Å². The van der Waals surface area contributed by atoms with Crippen molar-refractivity contribution in [3.8, 4) is 0 Å². The van der Waals surface area contributed by atoms with Crippen LogP contribution in [-0.2, 0) is 4.79 Å². The third-order valence-electron chi connectivity index (χ3n) is 2.29. The van der Waals surface area contributed by atoms with E-state index in [0.717, 1.165) is 12.1 Å². The molecule has 0 saturated heterocycles. The van der Waals surface area contributed by atoms with Gasteiger partial charge in [0.2, 0.25) is 5.91 Å². The largest absolute Gasteiger partial charge is 0.399 e. The molecule has 1 rings (SSSR count). The Morgan fingerprint density at radius 1 is 1.24 bits per heavy atom. The summed E-state index contributed by atoms with van der Waals surface area (Å²) in [4.78, 5) is 14.0. The second-order valence-corrected chi connectivity index (χ2v) is 3.98. The van der Waals surface area contributed by atoms with Crippen LogP contribution in [0.4, 0.5) is 20.2 Å². The van der Waals surface area contributed by atoms with Gasteiger partial charge in [0, 0.05) is 26.8 Å². The molecule has 0 fully saturated rings. The van der Waals surface area contributed by atoms with Gasteiger partial charge in [-0.2, -0.15) is 0 Å². The van der Waals surface area contributed by atoms with Gasteiger partial charge in [0.15, 0.2) is 11.6 Å². The summed E-state index contributed by atoms with van der Waals surface area (Å²) >= 11 is 0. The van der Waals surface area contributed by atoms with E-state index in [-0.39, 0.29) is 23.8 Å². The van der Waals surface area contributed by atoms with E-state index in [1.165, 1.54) is 16.8 Å². The molecule has 0 atom stereocenters. The van der Waals surface area contributed by atoms with E-state index in [4.69, 9.17) is 5.73 Å². The zero-order valence-electron chi connectivity index (χ0n) is 10.00. The summed E-state index contributed by atoms with van der Waals surface area (Å²) < 4.78 is 27.1. The van der Waals surface area contributed by atoms with Gasteiger partial charge in [-0.15, -0.1) is 0 Å². The Labute approximate surface area is 98.6 Å². The fourth-order valence-electron chi connectivity index (χ4n) is 1.37. The first kappa shape index (κ1) is 13.2. The average molecular weight is 243 g/mol. The Morgan fingerprint density at radius 3 is 2.12 bits per heavy atom. The number of nitrogens with zero attached hydrogens (tertiary/aromatic N) is 2. The minimum absolute atomic E-state index is 0.0103. The summed E-state index contributed by atoms with van der Waals surface area (Å²) in [5.41, 5.74) is 5.06. The number of hydrogen-bond donors (Lipinski definition) is 1. The number of nitrogen functional groups attached to an aromatic ring is 1. The minimum atomic E-state index is -0.781. The number of nitrogens with two attached hydrogens (primary N) is 1. The molecule has 94 valence electrons. The van der Waals surface area contributed by atoms with Gasteiger partial charge in [0.1, 0.15) is 5.69 Å². The van der Waals surface area contributed by atoms with Crippen molar-refractivity contribution in [2.24, 2.45) is 0 Å². The minimum Gasteiger partial charge on any atom is -0.399 e. The van der Waals surface area contributed by atoms with Crippen LogP contribution in [0.2, 0.25) is 0 Å². The molecule has 0 aromatic heterocycles. The molecule has 1 aromatic carbocycles. The molecule has 2 N–H and O–H groups in total. The summed E-state index contributed by atoms with van der Waals surface area (Å²) in [6, 6.07) is 2.05. The second kappa shape index (κ2) is 4.99. The molecule has 1 aromatic rings. The molecule has 0 aliphatic heterocycles. The Bertz CT molecular complexity index is 412. The normalized spacial score (nSPS) is 10.2. The fraction of sp³-hybridized carbons (Fsp3) is 0.364. The van der Waals surface area contributed by atoms with Crippen LogP contribution in [0.5, 0.6) is 0 Å². The van der Waals surface area contributed by atoms with Gasteiger partial charge in [0.25, 0.3) is 0 Å². The zero-order valence-corrected chi connectivity index (χ0v) is 10.00. The van der Waals surface area contributed by atoms with Crippen LogP contribution < -0.4 is 10.6 Å². The molecule has 0 bridgehead atoms. The maximum atomic E-state index is 13.5. The Kier molecular flexibility index (Phi) is 3.88. The van der Waals surface area contributed by atoms with Crippen LogP contribution >= 0.6 is 0 Å². The van der Waals surface area contributed by atoms with Crippen molar-refractivity contribution in [3.05, 3.63) is 23.8 Å². The van der Waals surface area contributed by atoms with Crippen molar-refractivity contribution in [3.63, 3.8) is 0 Å². The maximum absolute atomic E-state index is 13.5. The second-order valence-electron chi connectivity index (χ2n) is 3.98. The van der Waals surface area contributed by atoms with Crippen LogP contribution in [0.1, 0.15) is 0 Å². The lowest BCUT2D eigenvalue weighted by Crippen LogP contribution is -2.35. The Hall–Kier alpha value is -1.85. The number of likely N-dealkylation sites (N-methyl/N-ethyl adjacent to an activating group) is 2. The Balaban J connectivity index is 2.97. The van der Waals surface area contributed by atoms with Crippen molar-refractivity contribution in [2.75, 3.05) is 38.3 Å². The smallest absolute Gasteiger partial charge is 0.241 e. The standard InChI is InChI=1S/C11H15F2N3O/c1-15(2)10(17)6-16(3)11-8(12)4-7(14)5-9(11)13/h4-5H,6,14H2,1-3H3. The van der Waals surface area contributed by atoms with Gasteiger partial charge >= 0.3 is 0 Å². The number of carbonyl (C=O) groups excluding carboxylic acids is 1. The summed E-state index contributed by atoms with van der Waals surface area (Å²) in [5.74, 6) is -1.81. The van der Waals surface area contributed by atoms with Crippen LogP contribution in [0.15, 0.2) is 12.1 Å². The van der Waals surface area contributed by atoms with Gasteiger partial charge < -0.3 is 15.5 Å².